The van der Waals surface area contributed by atoms with Crippen LogP contribution in [-0.2, 0) is 11.2 Å². The number of nitrogens with two attached hydrogens (primary N) is 1. The van der Waals surface area contributed by atoms with Gasteiger partial charge in [-0.2, -0.15) is 0 Å². The molecule has 0 saturated carbocycles. The molecule has 0 fully saturated rings. The van der Waals surface area contributed by atoms with E-state index in [-0.39, 0.29) is 17.9 Å². The molecule has 1 aromatic carbocycles. The lowest BCUT2D eigenvalue weighted by atomic mass is 9.93. The minimum atomic E-state index is 0.0278. The van der Waals surface area contributed by atoms with Crippen molar-refractivity contribution >= 4 is 5.91 Å². The maximum atomic E-state index is 11.4. The molecule has 1 rings (SSSR count). The number of benzene rings is 1. The highest BCUT2D eigenvalue weighted by molar-refractivity contribution is 5.76. The highest BCUT2D eigenvalue weighted by Gasteiger charge is 2.16. The number of carbonyl (C=O) groups is 1. The largest absolute Gasteiger partial charge is 0.356 e. The van der Waals surface area contributed by atoms with Gasteiger partial charge in [0.05, 0.1) is 0 Å². The number of nitrogens with one attached hydrogen (secondary N) is 1. The van der Waals surface area contributed by atoms with Gasteiger partial charge in [-0.15, -0.1) is 0 Å². The maximum absolute atomic E-state index is 11.4. The van der Waals surface area contributed by atoms with Crippen LogP contribution in [0.5, 0.6) is 0 Å². The SMILES string of the molecule is CCNC(=O)C[C@H](C)[C@@H](N)Cc1ccccc1. The normalized spacial score (nSPS) is 14.1. The predicted molar refractivity (Wildman–Crippen MR) is 70.6 cm³/mol. The first-order chi connectivity index (χ1) is 8.13. The van der Waals surface area contributed by atoms with Crippen LogP contribution < -0.4 is 11.1 Å². The molecule has 0 aliphatic heterocycles. The lowest BCUT2D eigenvalue weighted by Gasteiger charge is -2.19. The van der Waals surface area contributed by atoms with Crippen molar-refractivity contribution in [2.24, 2.45) is 11.7 Å². The first-order valence-corrected chi connectivity index (χ1v) is 6.19. The minimum Gasteiger partial charge on any atom is -0.356 e. The van der Waals surface area contributed by atoms with E-state index in [2.05, 4.69) is 17.4 Å². The molecule has 0 bridgehead atoms. The van der Waals surface area contributed by atoms with E-state index in [9.17, 15) is 4.79 Å². The summed E-state index contributed by atoms with van der Waals surface area (Å²) in [6.45, 7) is 4.63. The lowest BCUT2D eigenvalue weighted by molar-refractivity contribution is -0.121. The molecule has 1 aromatic rings. The van der Waals surface area contributed by atoms with Crippen LogP contribution in [0.25, 0.3) is 0 Å². The average Bonchev–Trinajstić information content (AvgIpc) is 2.30. The summed E-state index contributed by atoms with van der Waals surface area (Å²) >= 11 is 0. The molecule has 0 spiro atoms. The van der Waals surface area contributed by atoms with Gasteiger partial charge < -0.3 is 11.1 Å². The zero-order chi connectivity index (χ0) is 12.7. The Kier molecular flexibility index (Phi) is 5.70. The van der Waals surface area contributed by atoms with Crippen LogP contribution in [0.3, 0.4) is 0 Å². The van der Waals surface area contributed by atoms with Gasteiger partial charge in [0.15, 0.2) is 0 Å². The van der Waals surface area contributed by atoms with Gasteiger partial charge in [0, 0.05) is 19.0 Å². The van der Waals surface area contributed by atoms with Crippen LogP contribution in [0.1, 0.15) is 25.8 Å². The molecule has 0 unspecified atom stereocenters. The monoisotopic (exact) mass is 234 g/mol. The molecule has 0 aromatic heterocycles. The molecule has 94 valence electrons. The molecule has 2 atom stereocenters. The molecule has 0 aliphatic carbocycles. The van der Waals surface area contributed by atoms with E-state index < -0.39 is 0 Å². The Morgan fingerprint density at radius 2 is 2.00 bits per heavy atom. The average molecular weight is 234 g/mol. The molecule has 3 N–H and O–H groups in total. The standard InChI is InChI=1S/C14H22N2O/c1-3-16-14(17)9-11(2)13(15)10-12-7-5-4-6-8-12/h4-8,11,13H,3,9-10,15H2,1-2H3,(H,16,17)/t11-,13-/m0/s1. The molecule has 3 nitrogen and oxygen atoms in total. The number of hydrogen-bond acceptors (Lipinski definition) is 2. The van der Waals surface area contributed by atoms with Crippen molar-refractivity contribution in [3.63, 3.8) is 0 Å². The highest BCUT2D eigenvalue weighted by Crippen LogP contribution is 2.11. The number of amides is 1. The molecular weight excluding hydrogens is 212 g/mol. The van der Waals surface area contributed by atoms with Crippen molar-refractivity contribution in [1.29, 1.82) is 0 Å². The second-order valence-electron chi connectivity index (χ2n) is 4.49. The third kappa shape index (κ3) is 5.00. The van der Waals surface area contributed by atoms with Crippen LogP contribution in [0, 0.1) is 5.92 Å². The summed E-state index contributed by atoms with van der Waals surface area (Å²) in [5, 5.41) is 2.80. The van der Waals surface area contributed by atoms with Gasteiger partial charge in [-0.3, -0.25) is 4.79 Å². The number of hydrogen-bond donors (Lipinski definition) is 2. The van der Waals surface area contributed by atoms with Crippen LogP contribution in [-0.4, -0.2) is 18.5 Å². The van der Waals surface area contributed by atoms with Crippen molar-refractivity contribution in [1.82, 2.24) is 5.32 Å². The van der Waals surface area contributed by atoms with Crippen molar-refractivity contribution in [2.45, 2.75) is 32.7 Å². The van der Waals surface area contributed by atoms with E-state index in [0.717, 1.165) is 6.42 Å². The van der Waals surface area contributed by atoms with E-state index in [1.807, 2.05) is 32.0 Å². The Morgan fingerprint density at radius 1 is 1.35 bits per heavy atom. The Morgan fingerprint density at radius 3 is 2.59 bits per heavy atom. The van der Waals surface area contributed by atoms with Crippen molar-refractivity contribution in [2.75, 3.05) is 6.54 Å². The van der Waals surface area contributed by atoms with E-state index in [1.165, 1.54) is 5.56 Å². The first kappa shape index (κ1) is 13.7. The van der Waals surface area contributed by atoms with Gasteiger partial charge >= 0.3 is 0 Å². The molecule has 0 aliphatic rings. The van der Waals surface area contributed by atoms with Crippen LogP contribution in [0.15, 0.2) is 30.3 Å². The molecule has 0 radical (unpaired) electrons. The molecule has 0 saturated heterocycles. The van der Waals surface area contributed by atoms with E-state index >= 15 is 0 Å². The summed E-state index contributed by atoms with van der Waals surface area (Å²) in [5.41, 5.74) is 7.34. The van der Waals surface area contributed by atoms with Gasteiger partial charge in [-0.25, -0.2) is 0 Å². The fourth-order valence-corrected chi connectivity index (χ4v) is 1.80. The van der Waals surface area contributed by atoms with Crippen LogP contribution >= 0.6 is 0 Å². The van der Waals surface area contributed by atoms with Crippen molar-refractivity contribution < 1.29 is 4.79 Å². The first-order valence-electron chi connectivity index (χ1n) is 6.19. The van der Waals surface area contributed by atoms with E-state index in [1.54, 1.807) is 0 Å². The quantitative estimate of drug-likeness (QED) is 0.787. The summed E-state index contributed by atoms with van der Waals surface area (Å²) in [5.74, 6) is 0.283. The van der Waals surface area contributed by atoms with Gasteiger partial charge in [0.25, 0.3) is 0 Å². The molecule has 0 heterocycles. The summed E-state index contributed by atoms with van der Waals surface area (Å²) in [4.78, 5) is 11.4. The molecule has 3 heteroatoms. The highest BCUT2D eigenvalue weighted by atomic mass is 16.1. The fraction of sp³-hybridized carbons (Fsp3) is 0.500. The predicted octanol–water partition coefficient (Wildman–Crippen LogP) is 1.72. The van der Waals surface area contributed by atoms with E-state index in [0.29, 0.717) is 13.0 Å². The smallest absolute Gasteiger partial charge is 0.220 e. The van der Waals surface area contributed by atoms with Gasteiger partial charge in [0.2, 0.25) is 5.91 Å². The second kappa shape index (κ2) is 7.07. The summed E-state index contributed by atoms with van der Waals surface area (Å²) in [6.07, 6.45) is 1.32. The second-order valence-corrected chi connectivity index (χ2v) is 4.49. The third-order valence-electron chi connectivity index (χ3n) is 2.93. The van der Waals surface area contributed by atoms with Crippen LogP contribution in [0.2, 0.25) is 0 Å². The zero-order valence-corrected chi connectivity index (χ0v) is 10.6. The maximum Gasteiger partial charge on any atom is 0.220 e. The van der Waals surface area contributed by atoms with Crippen LogP contribution in [0.4, 0.5) is 0 Å². The lowest BCUT2D eigenvalue weighted by Crippen LogP contribution is -2.35. The Bertz CT molecular complexity index is 337. The summed E-state index contributed by atoms with van der Waals surface area (Å²) in [6, 6.07) is 10.2. The zero-order valence-electron chi connectivity index (χ0n) is 10.6. The summed E-state index contributed by atoms with van der Waals surface area (Å²) < 4.78 is 0. The minimum absolute atomic E-state index is 0.0278. The Hall–Kier alpha value is -1.35. The Labute approximate surface area is 103 Å². The fourth-order valence-electron chi connectivity index (χ4n) is 1.80. The molecule has 1 amide bonds. The number of rotatable bonds is 6. The molecular formula is C14H22N2O. The van der Waals surface area contributed by atoms with E-state index in [4.69, 9.17) is 5.73 Å². The molecule has 17 heavy (non-hydrogen) atoms. The van der Waals surface area contributed by atoms with Crippen molar-refractivity contribution in [3.8, 4) is 0 Å². The van der Waals surface area contributed by atoms with Gasteiger partial charge in [-0.05, 0) is 24.8 Å². The van der Waals surface area contributed by atoms with Gasteiger partial charge in [-0.1, -0.05) is 37.3 Å². The number of carbonyl (C=O) groups excluding carboxylic acids is 1. The third-order valence-corrected chi connectivity index (χ3v) is 2.93. The topological polar surface area (TPSA) is 55.1 Å². The Balaban J connectivity index is 2.42. The summed E-state index contributed by atoms with van der Waals surface area (Å²) in [7, 11) is 0. The van der Waals surface area contributed by atoms with Crippen molar-refractivity contribution in [3.05, 3.63) is 35.9 Å². The van der Waals surface area contributed by atoms with Gasteiger partial charge in [0.1, 0.15) is 0 Å².